The van der Waals surface area contributed by atoms with E-state index >= 15 is 0 Å². The van der Waals surface area contributed by atoms with Crippen LogP contribution < -0.4 is 11.1 Å². The molecule has 1 saturated heterocycles. The Labute approximate surface area is 78.8 Å². The monoisotopic (exact) mass is 186 g/mol. The molecule has 1 rings (SSSR count). The van der Waals surface area contributed by atoms with Crippen molar-refractivity contribution in [2.75, 3.05) is 6.61 Å². The molecule has 0 aliphatic carbocycles. The van der Waals surface area contributed by atoms with E-state index in [9.17, 15) is 4.79 Å². The van der Waals surface area contributed by atoms with Crippen molar-refractivity contribution in [1.82, 2.24) is 5.32 Å². The molecule has 0 spiro atoms. The molecule has 76 valence electrons. The van der Waals surface area contributed by atoms with Crippen molar-refractivity contribution < 1.29 is 9.53 Å². The first-order valence-corrected chi connectivity index (χ1v) is 4.82. The number of amides is 1. The minimum atomic E-state index is -0.382. The maximum atomic E-state index is 11.4. The lowest BCUT2D eigenvalue weighted by Gasteiger charge is -2.18. The van der Waals surface area contributed by atoms with Crippen LogP contribution in [0.15, 0.2) is 0 Å². The van der Waals surface area contributed by atoms with Gasteiger partial charge in [0, 0.05) is 6.61 Å². The zero-order valence-electron chi connectivity index (χ0n) is 8.25. The van der Waals surface area contributed by atoms with Gasteiger partial charge in [0.15, 0.2) is 0 Å². The van der Waals surface area contributed by atoms with E-state index < -0.39 is 0 Å². The molecule has 3 atom stereocenters. The fourth-order valence-electron chi connectivity index (χ4n) is 1.40. The van der Waals surface area contributed by atoms with Gasteiger partial charge in [-0.15, -0.1) is 0 Å². The maximum Gasteiger partial charge on any atom is 0.237 e. The van der Waals surface area contributed by atoms with Crippen LogP contribution in [0.25, 0.3) is 0 Å². The molecule has 4 nitrogen and oxygen atoms in total. The van der Waals surface area contributed by atoms with Crippen LogP contribution in [0, 0.1) is 0 Å². The molecule has 0 radical (unpaired) electrons. The van der Waals surface area contributed by atoms with E-state index in [1.807, 2.05) is 13.8 Å². The number of rotatable bonds is 3. The van der Waals surface area contributed by atoms with E-state index in [1.165, 1.54) is 0 Å². The summed E-state index contributed by atoms with van der Waals surface area (Å²) in [6.45, 7) is 4.60. The van der Waals surface area contributed by atoms with Crippen LogP contribution in [0.3, 0.4) is 0 Å². The Morgan fingerprint density at radius 3 is 2.92 bits per heavy atom. The number of carbonyl (C=O) groups excluding carboxylic acids is 1. The maximum absolute atomic E-state index is 11.4. The third-order valence-corrected chi connectivity index (χ3v) is 2.48. The van der Waals surface area contributed by atoms with Crippen LogP contribution in [0.1, 0.15) is 26.7 Å². The predicted octanol–water partition coefficient (Wildman–Crippen LogP) is 0.0173. The Kier molecular flexibility index (Phi) is 3.69. The second-order valence-corrected chi connectivity index (χ2v) is 3.49. The Morgan fingerprint density at radius 2 is 2.46 bits per heavy atom. The quantitative estimate of drug-likeness (QED) is 0.653. The number of carbonyl (C=O) groups is 1. The second kappa shape index (κ2) is 4.58. The van der Waals surface area contributed by atoms with E-state index in [0.29, 0.717) is 6.42 Å². The molecular weight excluding hydrogens is 168 g/mol. The fraction of sp³-hybridized carbons (Fsp3) is 0.889. The van der Waals surface area contributed by atoms with E-state index in [4.69, 9.17) is 10.5 Å². The molecule has 4 heteroatoms. The topological polar surface area (TPSA) is 64.4 Å². The lowest BCUT2D eigenvalue weighted by molar-refractivity contribution is -0.123. The van der Waals surface area contributed by atoms with Gasteiger partial charge in [-0.05, 0) is 19.8 Å². The first-order chi connectivity index (χ1) is 6.15. The SMILES string of the molecule is CCC(N)C(=O)NC1CCOC1C. The number of nitrogens with one attached hydrogen (secondary N) is 1. The highest BCUT2D eigenvalue weighted by Crippen LogP contribution is 2.12. The smallest absolute Gasteiger partial charge is 0.237 e. The molecule has 0 aromatic carbocycles. The summed E-state index contributed by atoms with van der Waals surface area (Å²) in [7, 11) is 0. The van der Waals surface area contributed by atoms with Gasteiger partial charge in [0.05, 0.1) is 18.2 Å². The zero-order chi connectivity index (χ0) is 9.84. The van der Waals surface area contributed by atoms with Gasteiger partial charge in [0.25, 0.3) is 0 Å². The average Bonchev–Trinajstić information content (AvgIpc) is 2.50. The van der Waals surface area contributed by atoms with Gasteiger partial charge in [-0.1, -0.05) is 6.92 Å². The molecule has 3 N–H and O–H groups in total. The summed E-state index contributed by atoms with van der Waals surface area (Å²) in [5.74, 6) is -0.0650. The largest absolute Gasteiger partial charge is 0.376 e. The Balaban J connectivity index is 2.35. The molecule has 1 aliphatic rings. The Hall–Kier alpha value is -0.610. The molecule has 1 aliphatic heterocycles. The summed E-state index contributed by atoms with van der Waals surface area (Å²) in [6, 6.07) is -0.238. The van der Waals surface area contributed by atoms with Crippen molar-refractivity contribution in [2.45, 2.75) is 44.9 Å². The highest BCUT2D eigenvalue weighted by molar-refractivity contribution is 5.81. The van der Waals surface area contributed by atoms with Crippen molar-refractivity contribution in [3.8, 4) is 0 Å². The highest BCUT2D eigenvalue weighted by Gasteiger charge is 2.26. The molecule has 1 heterocycles. The first kappa shape index (κ1) is 10.5. The Morgan fingerprint density at radius 1 is 1.77 bits per heavy atom. The zero-order valence-corrected chi connectivity index (χ0v) is 8.25. The van der Waals surface area contributed by atoms with Crippen molar-refractivity contribution >= 4 is 5.91 Å². The van der Waals surface area contributed by atoms with Gasteiger partial charge in [0.1, 0.15) is 0 Å². The number of ether oxygens (including phenoxy) is 1. The molecule has 0 saturated carbocycles. The summed E-state index contributed by atoms with van der Waals surface area (Å²) in [5, 5.41) is 2.89. The van der Waals surface area contributed by atoms with Crippen LogP contribution in [0.2, 0.25) is 0 Å². The first-order valence-electron chi connectivity index (χ1n) is 4.82. The Bertz CT molecular complexity index is 184. The minimum Gasteiger partial charge on any atom is -0.376 e. The summed E-state index contributed by atoms with van der Waals surface area (Å²) >= 11 is 0. The van der Waals surface area contributed by atoms with Gasteiger partial charge in [-0.25, -0.2) is 0 Å². The molecular formula is C9H18N2O2. The summed E-state index contributed by atoms with van der Waals surface area (Å²) in [5.41, 5.74) is 5.59. The molecule has 0 aromatic heterocycles. The lowest BCUT2D eigenvalue weighted by atomic mass is 10.1. The number of hydrogen-bond acceptors (Lipinski definition) is 3. The normalized spacial score (nSPS) is 30.1. The molecule has 1 amide bonds. The van der Waals surface area contributed by atoms with Crippen molar-refractivity contribution in [2.24, 2.45) is 5.73 Å². The molecule has 0 aromatic rings. The third kappa shape index (κ3) is 2.67. The van der Waals surface area contributed by atoms with Crippen LogP contribution >= 0.6 is 0 Å². The van der Waals surface area contributed by atoms with E-state index in [1.54, 1.807) is 0 Å². The van der Waals surface area contributed by atoms with E-state index in [0.717, 1.165) is 13.0 Å². The standard InChI is InChI=1S/C9H18N2O2/c1-3-7(10)9(12)11-8-4-5-13-6(8)2/h6-8H,3-5,10H2,1-2H3,(H,11,12). The van der Waals surface area contributed by atoms with E-state index in [2.05, 4.69) is 5.32 Å². The van der Waals surface area contributed by atoms with Crippen LogP contribution in [0.5, 0.6) is 0 Å². The van der Waals surface area contributed by atoms with E-state index in [-0.39, 0.29) is 24.1 Å². The van der Waals surface area contributed by atoms with Crippen LogP contribution in [-0.4, -0.2) is 30.7 Å². The molecule has 0 bridgehead atoms. The van der Waals surface area contributed by atoms with Gasteiger partial charge < -0.3 is 15.8 Å². The van der Waals surface area contributed by atoms with Crippen molar-refractivity contribution in [1.29, 1.82) is 0 Å². The van der Waals surface area contributed by atoms with Crippen LogP contribution in [-0.2, 0) is 9.53 Å². The summed E-state index contributed by atoms with van der Waals surface area (Å²) in [4.78, 5) is 11.4. The second-order valence-electron chi connectivity index (χ2n) is 3.49. The van der Waals surface area contributed by atoms with Gasteiger partial charge in [-0.2, -0.15) is 0 Å². The average molecular weight is 186 g/mol. The summed E-state index contributed by atoms with van der Waals surface area (Å²) < 4.78 is 5.32. The minimum absolute atomic E-state index is 0.0650. The molecule has 3 unspecified atom stereocenters. The number of hydrogen-bond donors (Lipinski definition) is 2. The highest BCUT2D eigenvalue weighted by atomic mass is 16.5. The summed E-state index contributed by atoms with van der Waals surface area (Å²) in [6.07, 6.45) is 1.69. The van der Waals surface area contributed by atoms with Crippen molar-refractivity contribution in [3.05, 3.63) is 0 Å². The lowest BCUT2D eigenvalue weighted by Crippen LogP contribution is -2.47. The van der Waals surface area contributed by atoms with Gasteiger partial charge in [0.2, 0.25) is 5.91 Å². The van der Waals surface area contributed by atoms with Gasteiger partial charge >= 0.3 is 0 Å². The number of nitrogens with two attached hydrogens (primary N) is 1. The fourth-order valence-corrected chi connectivity index (χ4v) is 1.40. The molecule has 1 fully saturated rings. The van der Waals surface area contributed by atoms with Crippen molar-refractivity contribution in [3.63, 3.8) is 0 Å². The van der Waals surface area contributed by atoms with Gasteiger partial charge in [-0.3, -0.25) is 4.79 Å². The predicted molar refractivity (Wildman–Crippen MR) is 50.2 cm³/mol. The molecule has 13 heavy (non-hydrogen) atoms. The van der Waals surface area contributed by atoms with Crippen LogP contribution in [0.4, 0.5) is 0 Å². The third-order valence-electron chi connectivity index (χ3n) is 2.48.